The molecule has 0 saturated heterocycles. The van der Waals surface area contributed by atoms with Crippen molar-refractivity contribution in [2.24, 2.45) is 5.92 Å². The maximum atomic E-state index is 13.1. The SMILES string of the molecule is O=C(Nc1ccccc1)c1cccc2c1NC(c1ccc(O)cc1O)C1CC=CC21. The highest BCUT2D eigenvalue weighted by atomic mass is 16.3. The average Bonchev–Trinajstić information content (AvgIpc) is 3.24. The Bertz CT molecular complexity index is 1140. The van der Waals surface area contributed by atoms with Crippen molar-refractivity contribution < 1.29 is 15.0 Å². The molecule has 1 amide bonds. The Morgan fingerprint density at radius 1 is 0.967 bits per heavy atom. The van der Waals surface area contributed by atoms with Gasteiger partial charge in [0.1, 0.15) is 11.5 Å². The van der Waals surface area contributed by atoms with Crippen molar-refractivity contribution in [2.45, 2.75) is 18.4 Å². The Balaban J connectivity index is 1.55. The van der Waals surface area contributed by atoms with Gasteiger partial charge in [0.25, 0.3) is 5.91 Å². The van der Waals surface area contributed by atoms with E-state index in [9.17, 15) is 15.0 Å². The molecule has 4 N–H and O–H groups in total. The quantitative estimate of drug-likeness (QED) is 0.459. The highest BCUT2D eigenvalue weighted by Crippen LogP contribution is 2.52. The molecule has 1 aliphatic heterocycles. The van der Waals surface area contributed by atoms with Gasteiger partial charge in [0.2, 0.25) is 0 Å². The summed E-state index contributed by atoms with van der Waals surface area (Å²) in [6.45, 7) is 0. The number of carbonyl (C=O) groups excluding carboxylic acids is 1. The fourth-order valence-electron chi connectivity index (χ4n) is 4.63. The number of phenols is 2. The average molecular weight is 398 g/mol. The van der Waals surface area contributed by atoms with Crippen molar-refractivity contribution in [1.82, 2.24) is 0 Å². The van der Waals surface area contributed by atoms with Crippen molar-refractivity contribution in [2.75, 3.05) is 10.6 Å². The predicted molar refractivity (Wildman–Crippen MR) is 117 cm³/mol. The molecule has 150 valence electrons. The largest absolute Gasteiger partial charge is 0.508 e. The second-order valence-corrected chi connectivity index (χ2v) is 7.81. The molecule has 3 atom stereocenters. The third kappa shape index (κ3) is 3.08. The number of carbonyl (C=O) groups is 1. The second kappa shape index (κ2) is 7.26. The summed E-state index contributed by atoms with van der Waals surface area (Å²) in [7, 11) is 0. The van der Waals surface area contributed by atoms with Crippen LogP contribution in [0.2, 0.25) is 0 Å². The van der Waals surface area contributed by atoms with Crippen LogP contribution in [0.25, 0.3) is 0 Å². The minimum atomic E-state index is -0.181. The topological polar surface area (TPSA) is 81.6 Å². The van der Waals surface area contributed by atoms with E-state index in [1.54, 1.807) is 12.1 Å². The van der Waals surface area contributed by atoms with E-state index in [2.05, 4.69) is 28.9 Å². The summed E-state index contributed by atoms with van der Waals surface area (Å²) in [5.74, 6) is 0.272. The number of anilines is 2. The Hall–Kier alpha value is -3.73. The van der Waals surface area contributed by atoms with Crippen LogP contribution in [0.1, 0.15) is 39.9 Å². The lowest BCUT2D eigenvalue weighted by molar-refractivity contribution is 0.102. The van der Waals surface area contributed by atoms with E-state index in [1.165, 1.54) is 6.07 Å². The summed E-state index contributed by atoms with van der Waals surface area (Å²) in [5, 5.41) is 26.7. The molecule has 5 rings (SSSR count). The zero-order valence-electron chi connectivity index (χ0n) is 16.2. The second-order valence-electron chi connectivity index (χ2n) is 7.81. The Morgan fingerprint density at radius 3 is 2.60 bits per heavy atom. The molecule has 1 heterocycles. The molecule has 3 unspecified atom stereocenters. The van der Waals surface area contributed by atoms with Crippen molar-refractivity contribution in [1.29, 1.82) is 0 Å². The number of aromatic hydroxyl groups is 2. The number of hydrogen-bond donors (Lipinski definition) is 4. The number of allylic oxidation sites excluding steroid dienone is 2. The van der Waals surface area contributed by atoms with E-state index < -0.39 is 0 Å². The van der Waals surface area contributed by atoms with Gasteiger partial charge < -0.3 is 20.8 Å². The maximum absolute atomic E-state index is 13.1. The Morgan fingerprint density at radius 2 is 1.80 bits per heavy atom. The van der Waals surface area contributed by atoms with Crippen LogP contribution in [0.4, 0.5) is 11.4 Å². The maximum Gasteiger partial charge on any atom is 0.257 e. The number of para-hydroxylation sites is 2. The molecule has 2 aliphatic rings. The third-order valence-corrected chi connectivity index (χ3v) is 6.02. The van der Waals surface area contributed by atoms with Gasteiger partial charge in [-0.3, -0.25) is 4.79 Å². The van der Waals surface area contributed by atoms with Crippen molar-refractivity contribution in [3.8, 4) is 11.5 Å². The molecule has 0 bridgehead atoms. The molecule has 0 spiro atoms. The van der Waals surface area contributed by atoms with Crippen LogP contribution in [0.5, 0.6) is 11.5 Å². The van der Waals surface area contributed by atoms with Gasteiger partial charge in [-0.25, -0.2) is 0 Å². The molecule has 5 heteroatoms. The first-order valence-corrected chi connectivity index (χ1v) is 10.1. The van der Waals surface area contributed by atoms with Crippen LogP contribution >= 0.6 is 0 Å². The first-order chi connectivity index (χ1) is 14.6. The molecular weight excluding hydrogens is 376 g/mol. The number of hydrogen-bond acceptors (Lipinski definition) is 4. The molecule has 1 aliphatic carbocycles. The molecular formula is C25H22N2O3. The first kappa shape index (κ1) is 18.3. The van der Waals surface area contributed by atoms with E-state index in [-0.39, 0.29) is 35.3 Å². The number of benzene rings is 3. The van der Waals surface area contributed by atoms with Crippen LogP contribution in [0.3, 0.4) is 0 Å². The highest BCUT2D eigenvalue weighted by Gasteiger charge is 2.40. The molecule has 3 aromatic rings. The van der Waals surface area contributed by atoms with Gasteiger partial charge >= 0.3 is 0 Å². The predicted octanol–water partition coefficient (Wildman–Crippen LogP) is 5.18. The zero-order valence-corrected chi connectivity index (χ0v) is 16.2. The van der Waals surface area contributed by atoms with Gasteiger partial charge in [0, 0.05) is 23.2 Å². The highest BCUT2D eigenvalue weighted by molar-refractivity contribution is 6.08. The lowest BCUT2D eigenvalue weighted by Crippen LogP contribution is -2.31. The summed E-state index contributed by atoms with van der Waals surface area (Å²) >= 11 is 0. The molecule has 30 heavy (non-hydrogen) atoms. The number of rotatable bonds is 3. The van der Waals surface area contributed by atoms with Crippen LogP contribution in [0, 0.1) is 5.92 Å². The summed E-state index contributed by atoms with van der Waals surface area (Å²) in [4.78, 5) is 13.1. The van der Waals surface area contributed by atoms with E-state index in [0.717, 1.165) is 28.9 Å². The summed E-state index contributed by atoms with van der Waals surface area (Å²) in [5.41, 5.74) is 3.90. The van der Waals surface area contributed by atoms with E-state index in [0.29, 0.717) is 5.56 Å². The minimum absolute atomic E-state index is 0.0245. The normalized spacial score (nSPS) is 21.4. The van der Waals surface area contributed by atoms with E-state index in [1.807, 2.05) is 42.5 Å². The summed E-state index contributed by atoms with van der Waals surface area (Å²) in [6, 6.07) is 19.7. The first-order valence-electron chi connectivity index (χ1n) is 10.1. The van der Waals surface area contributed by atoms with Gasteiger partial charge in [-0.1, -0.05) is 42.5 Å². The van der Waals surface area contributed by atoms with Gasteiger partial charge in [-0.05, 0) is 48.2 Å². The van der Waals surface area contributed by atoms with Crippen molar-refractivity contribution >= 4 is 17.3 Å². The number of amides is 1. The lowest BCUT2D eigenvalue weighted by Gasteiger charge is -2.38. The number of fused-ring (bicyclic) bond motifs is 3. The fraction of sp³-hybridized carbons (Fsp3) is 0.160. The van der Waals surface area contributed by atoms with Gasteiger partial charge in [-0.2, -0.15) is 0 Å². The smallest absolute Gasteiger partial charge is 0.257 e. The molecule has 0 fully saturated rings. The van der Waals surface area contributed by atoms with Crippen molar-refractivity contribution in [3.05, 3.63) is 95.6 Å². The zero-order chi connectivity index (χ0) is 20.7. The summed E-state index contributed by atoms with van der Waals surface area (Å²) in [6.07, 6.45) is 5.23. The molecule has 5 nitrogen and oxygen atoms in total. The van der Waals surface area contributed by atoms with E-state index >= 15 is 0 Å². The van der Waals surface area contributed by atoms with Crippen LogP contribution in [-0.2, 0) is 0 Å². The number of phenolic OH excluding ortho intramolecular Hbond substituents is 2. The van der Waals surface area contributed by atoms with Crippen LogP contribution in [0.15, 0.2) is 78.9 Å². The Kier molecular flexibility index (Phi) is 4.43. The van der Waals surface area contributed by atoms with Crippen LogP contribution in [-0.4, -0.2) is 16.1 Å². The van der Waals surface area contributed by atoms with Gasteiger partial charge in [0.15, 0.2) is 0 Å². The monoisotopic (exact) mass is 398 g/mol. The summed E-state index contributed by atoms with van der Waals surface area (Å²) < 4.78 is 0. The standard InChI is InChI=1S/C25H22N2O3/c28-16-12-13-20(22(29)14-16)23-18-9-4-8-17(18)19-10-5-11-21(24(19)27-23)25(30)26-15-6-2-1-3-7-15/h1-8,10-14,17-18,23,27-29H,9H2,(H,26,30). The lowest BCUT2D eigenvalue weighted by atomic mass is 9.76. The van der Waals surface area contributed by atoms with Gasteiger partial charge in [0.05, 0.1) is 17.3 Å². The molecule has 0 radical (unpaired) electrons. The van der Waals surface area contributed by atoms with Crippen molar-refractivity contribution in [3.63, 3.8) is 0 Å². The molecule has 0 aromatic heterocycles. The third-order valence-electron chi connectivity index (χ3n) is 6.02. The minimum Gasteiger partial charge on any atom is -0.508 e. The number of nitrogens with one attached hydrogen (secondary N) is 2. The molecule has 0 saturated carbocycles. The van der Waals surface area contributed by atoms with E-state index in [4.69, 9.17) is 0 Å². The fourth-order valence-corrected chi connectivity index (χ4v) is 4.63. The van der Waals surface area contributed by atoms with Gasteiger partial charge in [-0.15, -0.1) is 0 Å². The van der Waals surface area contributed by atoms with Crippen LogP contribution < -0.4 is 10.6 Å². The molecule has 3 aromatic carbocycles. The Labute approximate surface area is 174 Å².